The molecule has 0 spiro atoms. The average Bonchev–Trinajstić information content (AvgIpc) is 2.55. The molecule has 3 nitrogen and oxygen atoms in total. The van der Waals surface area contributed by atoms with Crippen LogP contribution in [0.2, 0.25) is 0 Å². The summed E-state index contributed by atoms with van der Waals surface area (Å²) in [5.74, 6) is 0.145. The molecule has 2 rings (SSSR count). The van der Waals surface area contributed by atoms with Crippen molar-refractivity contribution in [2.75, 3.05) is 6.54 Å². The van der Waals surface area contributed by atoms with E-state index in [1.807, 2.05) is 0 Å². The second-order valence-corrected chi connectivity index (χ2v) is 5.14. The van der Waals surface area contributed by atoms with Crippen molar-refractivity contribution in [1.29, 1.82) is 0 Å². The monoisotopic (exact) mass is 246 g/mol. The van der Waals surface area contributed by atoms with E-state index in [-0.39, 0.29) is 18.0 Å². The molecule has 1 heterocycles. The number of rotatable bonds is 3. The summed E-state index contributed by atoms with van der Waals surface area (Å²) in [6, 6.07) is 8.60. The van der Waals surface area contributed by atoms with E-state index in [4.69, 9.17) is 0 Å². The molecule has 0 bridgehead atoms. The van der Waals surface area contributed by atoms with Gasteiger partial charge in [0.1, 0.15) is 0 Å². The van der Waals surface area contributed by atoms with Gasteiger partial charge in [0.25, 0.3) is 0 Å². The summed E-state index contributed by atoms with van der Waals surface area (Å²) in [4.78, 5) is 11.9. The molecule has 1 amide bonds. The molecule has 1 aliphatic rings. The Morgan fingerprint density at radius 2 is 2.22 bits per heavy atom. The molecular formula is C15H22N2O. The highest BCUT2D eigenvalue weighted by Crippen LogP contribution is 2.16. The molecule has 0 aliphatic carbocycles. The zero-order valence-corrected chi connectivity index (χ0v) is 11.2. The zero-order valence-electron chi connectivity index (χ0n) is 11.2. The molecule has 0 radical (unpaired) electrons. The SMILES string of the molecule is Cc1cccc([C@@H](C)NC2CCCCNC2=O)c1. The zero-order chi connectivity index (χ0) is 13.0. The number of amides is 1. The van der Waals surface area contributed by atoms with Gasteiger partial charge in [0.15, 0.2) is 0 Å². The maximum absolute atomic E-state index is 11.9. The van der Waals surface area contributed by atoms with Crippen LogP contribution in [-0.2, 0) is 4.79 Å². The molecule has 1 fully saturated rings. The predicted octanol–water partition coefficient (Wildman–Crippen LogP) is 2.31. The Morgan fingerprint density at radius 3 is 3.00 bits per heavy atom. The third kappa shape index (κ3) is 3.33. The van der Waals surface area contributed by atoms with Gasteiger partial charge in [-0.3, -0.25) is 10.1 Å². The van der Waals surface area contributed by atoms with Crippen LogP contribution in [0, 0.1) is 6.92 Å². The molecular weight excluding hydrogens is 224 g/mol. The number of carbonyl (C=O) groups is 1. The Kier molecular flexibility index (Phi) is 4.37. The summed E-state index contributed by atoms with van der Waals surface area (Å²) in [6.07, 6.45) is 3.13. The van der Waals surface area contributed by atoms with Gasteiger partial charge in [0.05, 0.1) is 6.04 Å². The lowest BCUT2D eigenvalue weighted by molar-refractivity contribution is -0.123. The van der Waals surface area contributed by atoms with Crippen molar-refractivity contribution in [3.63, 3.8) is 0 Å². The van der Waals surface area contributed by atoms with E-state index in [1.165, 1.54) is 11.1 Å². The highest BCUT2D eigenvalue weighted by Gasteiger charge is 2.22. The van der Waals surface area contributed by atoms with Gasteiger partial charge in [0, 0.05) is 12.6 Å². The summed E-state index contributed by atoms with van der Waals surface area (Å²) >= 11 is 0. The first-order valence-electron chi connectivity index (χ1n) is 6.77. The lowest BCUT2D eigenvalue weighted by Gasteiger charge is -2.21. The summed E-state index contributed by atoms with van der Waals surface area (Å²) in [7, 11) is 0. The maximum atomic E-state index is 11.9. The molecule has 3 heteroatoms. The summed E-state index contributed by atoms with van der Waals surface area (Å²) in [5.41, 5.74) is 2.50. The maximum Gasteiger partial charge on any atom is 0.237 e. The fraction of sp³-hybridized carbons (Fsp3) is 0.533. The fourth-order valence-electron chi connectivity index (χ4n) is 2.44. The number of hydrogen-bond acceptors (Lipinski definition) is 2. The number of hydrogen-bond donors (Lipinski definition) is 2. The number of benzene rings is 1. The van der Waals surface area contributed by atoms with E-state index in [0.717, 1.165) is 25.8 Å². The topological polar surface area (TPSA) is 41.1 Å². The van der Waals surface area contributed by atoms with Crippen LogP contribution < -0.4 is 10.6 Å². The van der Waals surface area contributed by atoms with Gasteiger partial charge in [-0.15, -0.1) is 0 Å². The Hall–Kier alpha value is -1.35. The van der Waals surface area contributed by atoms with E-state index in [0.29, 0.717) is 0 Å². The fourth-order valence-corrected chi connectivity index (χ4v) is 2.44. The number of carbonyl (C=O) groups excluding carboxylic acids is 1. The van der Waals surface area contributed by atoms with Gasteiger partial charge in [0.2, 0.25) is 5.91 Å². The van der Waals surface area contributed by atoms with Gasteiger partial charge >= 0.3 is 0 Å². The normalized spacial score (nSPS) is 22.1. The molecule has 2 atom stereocenters. The van der Waals surface area contributed by atoms with Gasteiger partial charge in [-0.05, 0) is 38.7 Å². The molecule has 2 N–H and O–H groups in total. The van der Waals surface area contributed by atoms with Crippen molar-refractivity contribution < 1.29 is 4.79 Å². The lowest BCUT2D eigenvalue weighted by Crippen LogP contribution is -2.43. The van der Waals surface area contributed by atoms with E-state index in [1.54, 1.807) is 0 Å². The van der Waals surface area contributed by atoms with E-state index in [9.17, 15) is 4.79 Å². The van der Waals surface area contributed by atoms with Crippen molar-refractivity contribution in [2.24, 2.45) is 0 Å². The Morgan fingerprint density at radius 1 is 1.39 bits per heavy atom. The van der Waals surface area contributed by atoms with Crippen LogP contribution in [0.25, 0.3) is 0 Å². The minimum absolute atomic E-state index is 0.0528. The first-order chi connectivity index (χ1) is 8.66. The Bertz CT molecular complexity index is 417. The highest BCUT2D eigenvalue weighted by molar-refractivity contribution is 5.81. The second kappa shape index (κ2) is 6.01. The van der Waals surface area contributed by atoms with Gasteiger partial charge in [-0.2, -0.15) is 0 Å². The van der Waals surface area contributed by atoms with Crippen molar-refractivity contribution in [2.45, 2.75) is 45.2 Å². The summed E-state index contributed by atoms with van der Waals surface area (Å²) < 4.78 is 0. The second-order valence-electron chi connectivity index (χ2n) is 5.14. The number of aryl methyl sites for hydroxylation is 1. The van der Waals surface area contributed by atoms with Gasteiger partial charge in [-0.25, -0.2) is 0 Å². The minimum Gasteiger partial charge on any atom is -0.355 e. The van der Waals surface area contributed by atoms with Crippen molar-refractivity contribution in [3.05, 3.63) is 35.4 Å². The van der Waals surface area contributed by atoms with Crippen LogP contribution >= 0.6 is 0 Å². The van der Waals surface area contributed by atoms with Crippen LogP contribution in [0.3, 0.4) is 0 Å². The predicted molar refractivity (Wildman–Crippen MR) is 73.4 cm³/mol. The van der Waals surface area contributed by atoms with Crippen molar-refractivity contribution in [1.82, 2.24) is 10.6 Å². The van der Waals surface area contributed by atoms with Gasteiger partial charge < -0.3 is 5.32 Å². The van der Waals surface area contributed by atoms with Gasteiger partial charge in [-0.1, -0.05) is 29.8 Å². The number of nitrogens with one attached hydrogen (secondary N) is 2. The summed E-state index contributed by atoms with van der Waals surface area (Å²) in [6.45, 7) is 5.03. The molecule has 1 saturated heterocycles. The standard InChI is InChI=1S/C15H22N2O/c1-11-6-5-7-13(10-11)12(2)17-14-8-3-4-9-16-15(14)18/h5-7,10,12,14,17H,3-4,8-9H2,1-2H3,(H,16,18)/t12-,14?/m1/s1. The molecule has 0 saturated carbocycles. The quantitative estimate of drug-likeness (QED) is 0.859. The third-order valence-electron chi connectivity index (χ3n) is 3.53. The van der Waals surface area contributed by atoms with Crippen LogP contribution in [0.1, 0.15) is 43.4 Å². The summed E-state index contributed by atoms with van der Waals surface area (Å²) in [5, 5.41) is 6.40. The van der Waals surface area contributed by atoms with Crippen molar-refractivity contribution >= 4 is 5.91 Å². The Balaban J connectivity index is 2.01. The van der Waals surface area contributed by atoms with Crippen molar-refractivity contribution in [3.8, 4) is 0 Å². The first kappa shape index (κ1) is 13.1. The van der Waals surface area contributed by atoms with E-state index >= 15 is 0 Å². The lowest BCUT2D eigenvalue weighted by atomic mass is 10.0. The highest BCUT2D eigenvalue weighted by atomic mass is 16.2. The van der Waals surface area contributed by atoms with Crippen LogP contribution in [0.15, 0.2) is 24.3 Å². The van der Waals surface area contributed by atoms with E-state index < -0.39 is 0 Å². The molecule has 1 aliphatic heterocycles. The largest absolute Gasteiger partial charge is 0.355 e. The van der Waals surface area contributed by atoms with Crippen LogP contribution in [0.5, 0.6) is 0 Å². The smallest absolute Gasteiger partial charge is 0.237 e. The van der Waals surface area contributed by atoms with E-state index in [2.05, 4.69) is 48.7 Å². The molecule has 1 aromatic rings. The van der Waals surface area contributed by atoms with Crippen LogP contribution in [-0.4, -0.2) is 18.5 Å². The molecule has 98 valence electrons. The van der Waals surface area contributed by atoms with Crippen LogP contribution in [0.4, 0.5) is 0 Å². The average molecular weight is 246 g/mol. The molecule has 0 aromatic heterocycles. The first-order valence-corrected chi connectivity index (χ1v) is 6.77. The third-order valence-corrected chi connectivity index (χ3v) is 3.53. The Labute approximate surface area is 109 Å². The minimum atomic E-state index is -0.0528. The molecule has 1 unspecified atom stereocenters. The molecule has 18 heavy (non-hydrogen) atoms. The molecule has 1 aromatic carbocycles.